The second-order valence-corrected chi connectivity index (χ2v) is 5.14. The van der Waals surface area contributed by atoms with E-state index in [0.29, 0.717) is 0 Å². The van der Waals surface area contributed by atoms with Crippen LogP contribution < -0.4 is 11.1 Å². The Labute approximate surface area is 120 Å². The molecule has 2 rings (SSSR count). The van der Waals surface area contributed by atoms with Gasteiger partial charge in [-0.25, -0.2) is 0 Å². The predicted molar refractivity (Wildman–Crippen MR) is 78.7 cm³/mol. The molecule has 1 atom stereocenters. The molecule has 5 heteroatoms. The molecule has 0 spiro atoms. The number of amides is 1. The zero-order valence-corrected chi connectivity index (χ0v) is 12.0. The normalized spacial score (nSPS) is 11.9. The van der Waals surface area contributed by atoms with Crippen molar-refractivity contribution >= 4 is 27.5 Å². The Balaban J connectivity index is 2.26. The summed E-state index contributed by atoms with van der Waals surface area (Å²) in [4.78, 5) is 15.8. The highest BCUT2D eigenvalue weighted by molar-refractivity contribution is 9.10. The lowest BCUT2D eigenvalue weighted by molar-refractivity contribution is -0.118. The highest BCUT2D eigenvalue weighted by Gasteiger charge is 2.17. The third-order valence-electron chi connectivity index (χ3n) is 2.69. The van der Waals surface area contributed by atoms with Crippen LogP contribution in [0.25, 0.3) is 0 Å². The van der Waals surface area contributed by atoms with Crippen LogP contribution in [-0.2, 0) is 4.79 Å². The Hall–Kier alpha value is -1.88. The predicted octanol–water partition coefficient (Wildman–Crippen LogP) is 2.79. The summed E-state index contributed by atoms with van der Waals surface area (Å²) in [6.07, 6.45) is 1.66. The van der Waals surface area contributed by atoms with Gasteiger partial charge in [0.25, 0.3) is 0 Å². The number of nitrogens with one attached hydrogen (secondary N) is 1. The minimum absolute atomic E-state index is 0.439. The maximum Gasteiger partial charge on any atom is 0.244 e. The number of carbonyl (C=O) groups excluding carboxylic acids is 1. The third kappa shape index (κ3) is 3.54. The summed E-state index contributed by atoms with van der Waals surface area (Å²) in [5.74, 6) is -0.439. The zero-order chi connectivity index (χ0) is 13.8. The summed E-state index contributed by atoms with van der Waals surface area (Å²) in [6, 6.07) is 10.7. The van der Waals surface area contributed by atoms with E-state index in [2.05, 4.69) is 26.2 Å². The van der Waals surface area contributed by atoms with Crippen LogP contribution in [0.4, 0.5) is 5.69 Å². The number of halogens is 1. The summed E-state index contributed by atoms with van der Waals surface area (Å²) in [6.45, 7) is 1.89. The fourth-order valence-corrected chi connectivity index (χ4v) is 2.11. The largest absolute Gasteiger partial charge is 0.370 e. The second kappa shape index (κ2) is 5.84. The average Bonchev–Trinajstić information content (AvgIpc) is 2.37. The van der Waals surface area contributed by atoms with Gasteiger partial charge in [0.1, 0.15) is 6.04 Å². The number of aromatic nitrogens is 1. The molecule has 1 amide bonds. The lowest BCUT2D eigenvalue weighted by atomic mass is 10.1. The van der Waals surface area contributed by atoms with Crippen molar-refractivity contribution < 1.29 is 4.79 Å². The van der Waals surface area contributed by atoms with Crippen molar-refractivity contribution in [2.24, 2.45) is 5.73 Å². The minimum Gasteiger partial charge on any atom is -0.370 e. The van der Waals surface area contributed by atoms with Crippen LogP contribution in [-0.4, -0.2) is 10.9 Å². The number of nitrogens with two attached hydrogens (primary N) is 1. The first kappa shape index (κ1) is 13.5. The van der Waals surface area contributed by atoms with Gasteiger partial charge >= 0.3 is 0 Å². The lowest BCUT2D eigenvalue weighted by Crippen LogP contribution is -2.27. The van der Waals surface area contributed by atoms with E-state index in [4.69, 9.17) is 5.73 Å². The van der Waals surface area contributed by atoms with Crippen molar-refractivity contribution in [1.82, 2.24) is 4.98 Å². The molecule has 98 valence electrons. The van der Waals surface area contributed by atoms with E-state index in [1.165, 1.54) is 0 Å². The van der Waals surface area contributed by atoms with Crippen LogP contribution >= 0.6 is 15.9 Å². The Morgan fingerprint density at radius 2 is 2.16 bits per heavy atom. The molecule has 0 aliphatic carbocycles. The molecule has 1 aromatic carbocycles. The first-order valence-electron chi connectivity index (χ1n) is 5.80. The van der Waals surface area contributed by atoms with E-state index in [1.807, 2.05) is 43.3 Å². The number of benzene rings is 1. The molecule has 0 bridgehead atoms. The van der Waals surface area contributed by atoms with E-state index in [-0.39, 0.29) is 0 Å². The first-order chi connectivity index (χ1) is 9.06. The summed E-state index contributed by atoms with van der Waals surface area (Å²) < 4.78 is 0.933. The van der Waals surface area contributed by atoms with Crippen molar-refractivity contribution in [2.45, 2.75) is 13.0 Å². The molecule has 0 aliphatic heterocycles. The van der Waals surface area contributed by atoms with Gasteiger partial charge in [0, 0.05) is 27.6 Å². The van der Waals surface area contributed by atoms with Gasteiger partial charge in [-0.2, -0.15) is 0 Å². The number of rotatable bonds is 4. The van der Waals surface area contributed by atoms with Crippen LogP contribution in [0.5, 0.6) is 0 Å². The molecule has 0 fully saturated rings. The van der Waals surface area contributed by atoms with Crippen LogP contribution in [0.1, 0.15) is 17.3 Å². The van der Waals surface area contributed by atoms with Crippen LogP contribution in [0.15, 0.2) is 47.1 Å². The van der Waals surface area contributed by atoms with Crippen LogP contribution in [0.2, 0.25) is 0 Å². The maximum absolute atomic E-state index is 11.6. The number of hydrogen-bond donors (Lipinski definition) is 2. The average molecular weight is 320 g/mol. The molecular formula is C14H14BrN3O. The molecule has 0 radical (unpaired) electrons. The number of primary amides is 1. The molecule has 0 aliphatic rings. The Morgan fingerprint density at radius 1 is 1.37 bits per heavy atom. The molecule has 3 N–H and O–H groups in total. The van der Waals surface area contributed by atoms with Gasteiger partial charge in [0.15, 0.2) is 0 Å². The molecule has 2 aromatic rings. The summed E-state index contributed by atoms with van der Waals surface area (Å²) in [7, 11) is 0. The molecule has 1 unspecified atom stereocenters. The number of nitrogens with zero attached hydrogens (tertiary/aromatic N) is 1. The van der Waals surface area contributed by atoms with Gasteiger partial charge in [0.2, 0.25) is 5.91 Å². The molecule has 4 nitrogen and oxygen atoms in total. The maximum atomic E-state index is 11.6. The van der Waals surface area contributed by atoms with Crippen LogP contribution in [0.3, 0.4) is 0 Å². The fraction of sp³-hybridized carbons (Fsp3) is 0.143. The standard InChI is InChI=1S/C14H14BrN3O/c1-9-5-6-10(8-17-9)13(14(16)19)18-12-4-2-3-11(15)7-12/h2-8,13,18H,1H3,(H2,16,19). The highest BCUT2D eigenvalue weighted by atomic mass is 79.9. The first-order valence-corrected chi connectivity index (χ1v) is 6.59. The van der Waals surface area contributed by atoms with Crippen molar-refractivity contribution in [3.8, 4) is 0 Å². The molecular weight excluding hydrogens is 306 g/mol. The summed E-state index contributed by atoms with van der Waals surface area (Å²) >= 11 is 3.39. The molecule has 1 aromatic heterocycles. The van der Waals surface area contributed by atoms with Crippen molar-refractivity contribution in [3.63, 3.8) is 0 Å². The monoisotopic (exact) mass is 319 g/mol. The molecule has 1 heterocycles. The van der Waals surface area contributed by atoms with Crippen molar-refractivity contribution in [3.05, 3.63) is 58.3 Å². The Morgan fingerprint density at radius 3 is 2.74 bits per heavy atom. The number of hydrogen-bond acceptors (Lipinski definition) is 3. The topological polar surface area (TPSA) is 68.0 Å². The quantitative estimate of drug-likeness (QED) is 0.910. The fourth-order valence-electron chi connectivity index (χ4n) is 1.71. The van der Waals surface area contributed by atoms with Gasteiger partial charge in [-0.05, 0) is 31.2 Å². The van der Waals surface area contributed by atoms with Crippen LogP contribution in [0, 0.1) is 6.92 Å². The number of carbonyl (C=O) groups is 1. The smallest absolute Gasteiger partial charge is 0.244 e. The van der Waals surface area contributed by atoms with Gasteiger partial charge in [-0.15, -0.1) is 0 Å². The van der Waals surface area contributed by atoms with Crippen molar-refractivity contribution in [2.75, 3.05) is 5.32 Å². The number of anilines is 1. The van der Waals surface area contributed by atoms with E-state index in [0.717, 1.165) is 21.4 Å². The molecule has 0 saturated carbocycles. The van der Waals surface area contributed by atoms with Gasteiger partial charge in [-0.3, -0.25) is 9.78 Å². The SMILES string of the molecule is Cc1ccc(C(Nc2cccc(Br)c2)C(N)=O)cn1. The van der Waals surface area contributed by atoms with Gasteiger partial charge < -0.3 is 11.1 Å². The summed E-state index contributed by atoms with van der Waals surface area (Å²) in [5.41, 5.74) is 7.92. The molecule has 0 saturated heterocycles. The minimum atomic E-state index is -0.595. The Kier molecular flexibility index (Phi) is 4.16. The van der Waals surface area contributed by atoms with Crippen molar-refractivity contribution in [1.29, 1.82) is 0 Å². The lowest BCUT2D eigenvalue weighted by Gasteiger charge is -2.17. The number of aryl methyl sites for hydroxylation is 1. The van der Waals surface area contributed by atoms with E-state index >= 15 is 0 Å². The Bertz CT molecular complexity index is 583. The van der Waals surface area contributed by atoms with Gasteiger partial charge in [0.05, 0.1) is 0 Å². The highest BCUT2D eigenvalue weighted by Crippen LogP contribution is 2.22. The second-order valence-electron chi connectivity index (χ2n) is 4.22. The van der Waals surface area contributed by atoms with E-state index in [9.17, 15) is 4.79 Å². The third-order valence-corrected chi connectivity index (χ3v) is 3.18. The van der Waals surface area contributed by atoms with Gasteiger partial charge in [-0.1, -0.05) is 28.1 Å². The van der Waals surface area contributed by atoms with E-state index in [1.54, 1.807) is 6.20 Å². The zero-order valence-electron chi connectivity index (χ0n) is 10.4. The molecule has 19 heavy (non-hydrogen) atoms. The summed E-state index contributed by atoms with van der Waals surface area (Å²) in [5, 5.41) is 3.11. The number of pyridine rings is 1. The van der Waals surface area contributed by atoms with E-state index < -0.39 is 11.9 Å².